The van der Waals surface area contributed by atoms with Crippen LogP contribution in [0, 0.1) is 5.92 Å². The fraction of sp³-hybridized carbons (Fsp3) is 0.714. The SMILES string of the molecule is O=C(NC[C@@H]([C@H]1CCOC1)N1CCOCC1)Nc1nccs1. The van der Waals surface area contributed by atoms with Gasteiger partial charge < -0.3 is 14.8 Å². The third-order valence-electron chi connectivity index (χ3n) is 4.15. The van der Waals surface area contributed by atoms with E-state index in [2.05, 4.69) is 20.5 Å². The lowest BCUT2D eigenvalue weighted by molar-refractivity contribution is 0.00222. The Balaban J connectivity index is 1.53. The van der Waals surface area contributed by atoms with Crippen molar-refractivity contribution < 1.29 is 14.3 Å². The van der Waals surface area contributed by atoms with Crippen LogP contribution >= 0.6 is 11.3 Å². The van der Waals surface area contributed by atoms with Crippen LogP contribution < -0.4 is 10.6 Å². The van der Waals surface area contributed by atoms with Crippen molar-refractivity contribution in [3.8, 4) is 0 Å². The number of urea groups is 1. The van der Waals surface area contributed by atoms with Gasteiger partial charge in [0, 0.05) is 49.8 Å². The summed E-state index contributed by atoms with van der Waals surface area (Å²) in [6, 6.07) is 0.0977. The van der Waals surface area contributed by atoms with Gasteiger partial charge in [0.1, 0.15) is 0 Å². The first-order valence-electron chi connectivity index (χ1n) is 7.67. The van der Waals surface area contributed by atoms with Gasteiger partial charge in [0.25, 0.3) is 0 Å². The topological polar surface area (TPSA) is 75.7 Å². The number of anilines is 1. The summed E-state index contributed by atoms with van der Waals surface area (Å²) in [5.74, 6) is 0.471. The zero-order chi connectivity index (χ0) is 15.2. The quantitative estimate of drug-likeness (QED) is 0.844. The summed E-state index contributed by atoms with van der Waals surface area (Å²) in [6.45, 7) is 5.55. The molecule has 1 aromatic rings. The average molecular weight is 326 g/mol. The zero-order valence-electron chi connectivity index (χ0n) is 12.5. The third-order valence-corrected chi connectivity index (χ3v) is 4.84. The smallest absolute Gasteiger partial charge is 0.321 e. The Morgan fingerprint density at radius 2 is 2.27 bits per heavy atom. The number of rotatable bonds is 5. The lowest BCUT2D eigenvalue weighted by Gasteiger charge is -2.37. The number of hydrogen-bond donors (Lipinski definition) is 2. The summed E-state index contributed by atoms with van der Waals surface area (Å²) in [5.41, 5.74) is 0. The molecule has 3 rings (SSSR count). The average Bonchev–Trinajstić information content (AvgIpc) is 3.22. The molecule has 0 aromatic carbocycles. The number of ether oxygens (including phenoxy) is 2. The molecule has 0 radical (unpaired) electrons. The van der Waals surface area contributed by atoms with E-state index in [1.807, 2.05) is 5.38 Å². The Bertz CT molecular complexity index is 459. The largest absolute Gasteiger partial charge is 0.381 e. The highest BCUT2D eigenvalue weighted by atomic mass is 32.1. The number of amides is 2. The summed E-state index contributed by atoms with van der Waals surface area (Å²) in [5, 5.41) is 8.18. The van der Waals surface area contributed by atoms with Gasteiger partial charge in [0.15, 0.2) is 5.13 Å². The maximum atomic E-state index is 12.0. The van der Waals surface area contributed by atoms with Gasteiger partial charge in [-0.3, -0.25) is 10.2 Å². The second-order valence-corrected chi connectivity index (χ2v) is 6.41. The predicted molar refractivity (Wildman–Crippen MR) is 84.2 cm³/mol. The number of hydrogen-bond acceptors (Lipinski definition) is 6. The van der Waals surface area contributed by atoms with Crippen LogP contribution in [-0.4, -0.2) is 68.0 Å². The molecule has 0 bridgehead atoms. The van der Waals surface area contributed by atoms with Gasteiger partial charge in [-0.05, 0) is 6.42 Å². The van der Waals surface area contributed by atoms with E-state index in [1.54, 1.807) is 6.20 Å². The number of thiazole rings is 1. The van der Waals surface area contributed by atoms with Crippen LogP contribution in [0.2, 0.25) is 0 Å². The molecule has 2 amide bonds. The van der Waals surface area contributed by atoms with Crippen molar-refractivity contribution in [1.29, 1.82) is 0 Å². The van der Waals surface area contributed by atoms with Crippen molar-refractivity contribution in [2.45, 2.75) is 12.5 Å². The number of morpholine rings is 1. The molecule has 2 aliphatic rings. The number of aromatic nitrogens is 1. The predicted octanol–water partition coefficient (Wildman–Crippen LogP) is 1.00. The second-order valence-electron chi connectivity index (χ2n) is 5.51. The van der Waals surface area contributed by atoms with Gasteiger partial charge in [-0.2, -0.15) is 0 Å². The van der Waals surface area contributed by atoms with Crippen molar-refractivity contribution in [3.05, 3.63) is 11.6 Å². The van der Waals surface area contributed by atoms with Gasteiger partial charge in [-0.15, -0.1) is 11.3 Å². The highest BCUT2D eigenvalue weighted by Crippen LogP contribution is 2.22. The molecular formula is C14H22N4O3S. The molecule has 2 aliphatic heterocycles. The minimum Gasteiger partial charge on any atom is -0.381 e. The Morgan fingerprint density at radius 1 is 1.41 bits per heavy atom. The molecule has 122 valence electrons. The van der Waals surface area contributed by atoms with E-state index in [-0.39, 0.29) is 6.03 Å². The maximum Gasteiger partial charge on any atom is 0.321 e. The van der Waals surface area contributed by atoms with E-state index in [0.29, 0.717) is 23.6 Å². The summed E-state index contributed by atoms with van der Waals surface area (Å²) >= 11 is 1.41. The molecule has 0 aliphatic carbocycles. The Hall–Kier alpha value is -1.22. The van der Waals surface area contributed by atoms with E-state index < -0.39 is 0 Å². The van der Waals surface area contributed by atoms with E-state index in [0.717, 1.165) is 45.9 Å². The lowest BCUT2D eigenvalue weighted by atomic mass is 9.97. The first-order valence-corrected chi connectivity index (χ1v) is 8.55. The van der Waals surface area contributed by atoms with E-state index in [4.69, 9.17) is 9.47 Å². The molecule has 2 fully saturated rings. The molecule has 8 heteroatoms. The number of nitrogens with zero attached hydrogens (tertiary/aromatic N) is 2. The lowest BCUT2D eigenvalue weighted by Crippen LogP contribution is -2.52. The normalized spacial score (nSPS) is 24.1. The van der Waals surface area contributed by atoms with Crippen molar-refractivity contribution in [2.75, 3.05) is 51.4 Å². The summed E-state index contributed by atoms with van der Waals surface area (Å²) in [7, 11) is 0. The molecule has 0 spiro atoms. The van der Waals surface area contributed by atoms with E-state index >= 15 is 0 Å². The van der Waals surface area contributed by atoms with Crippen LogP contribution in [0.4, 0.5) is 9.93 Å². The number of carbonyl (C=O) groups excluding carboxylic acids is 1. The third kappa shape index (κ3) is 4.16. The molecule has 2 atom stereocenters. The van der Waals surface area contributed by atoms with Gasteiger partial charge >= 0.3 is 6.03 Å². The maximum absolute atomic E-state index is 12.0. The molecule has 0 unspecified atom stereocenters. The van der Waals surface area contributed by atoms with E-state index in [9.17, 15) is 4.79 Å². The molecular weight excluding hydrogens is 304 g/mol. The molecule has 22 heavy (non-hydrogen) atoms. The minimum absolute atomic E-state index is 0.202. The summed E-state index contributed by atoms with van der Waals surface area (Å²) < 4.78 is 11.0. The van der Waals surface area contributed by atoms with Gasteiger partial charge in [-0.25, -0.2) is 9.78 Å². The minimum atomic E-state index is -0.202. The molecule has 2 saturated heterocycles. The van der Waals surface area contributed by atoms with Crippen LogP contribution in [0.25, 0.3) is 0 Å². The van der Waals surface area contributed by atoms with Gasteiger partial charge in [-0.1, -0.05) is 0 Å². The fourth-order valence-electron chi connectivity index (χ4n) is 2.98. The molecule has 2 N–H and O–H groups in total. The Morgan fingerprint density at radius 3 is 2.95 bits per heavy atom. The first-order chi connectivity index (χ1) is 10.8. The highest BCUT2D eigenvalue weighted by molar-refractivity contribution is 7.13. The van der Waals surface area contributed by atoms with Crippen molar-refractivity contribution >= 4 is 22.5 Å². The molecule has 3 heterocycles. The summed E-state index contributed by atoms with van der Waals surface area (Å²) in [4.78, 5) is 18.4. The Labute approximate surface area is 134 Å². The first kappa shape index (κ1) is 15.7. The fourth-order valence-corrected chi connectivity index (χ4v) is 3.51. The van der Waals surface area contributed by atoms with Crippen LogP contribution in [0.15, 0.2) is 11.6 Å². The van der Waals surface area contributed by atoms with Crippen LogP contribution in [-0.2, 0) is 9.47 Å². The zero-order valence-corrected chi connectivity index (χ0v) is 13.3. The molecule has 1 aromatic heterocycles. The van der Waals surface area contributed by atoms with Crippen LogP contribution in [0.3, 0.4) is 0 Å². The number of nitrogens with one attached hydrogen (secondary N) is 2. The molecule has 7 nitrogen and oxygen atoms in total. The van der Waals surface area contributed by atoms with Crippen molar-refractivity contribution in [3.63, 3.8) is 0 Å². The second kappa shape index (κ2) is 7.87. The number of carbonyl (C=O) groups is 1. The van der Waals surface area contributed by atoms with Crippen LogP contribution in [0.5, 0.6) is 0 Å². The molecule has 0 saturated carbocycles. The van der Waals surface area contributed by atoms with Crippen molar-refractivity contribution in [2.24, 2.45) is 5.92 Å². The van der Waals surface area contributed by atoms with Crippen molar-refractivity contribution in [1.82, 2.24) is 15.2 Å². The summed E-state index contributed by atoms with van der Waals surface area (Å²) in [6.07, 6.45) is 2.73. The van der Waals surface area contributed by atoms with Gasteiger partial charge in [0.05, 0.1) is 19.8 Å². The standard InChI is InChI=1S/C14H22N4O3S/c19-13(17-14-15-2-8-22-14)16-9-12(11-1-5-21-10-11)18-3-6-20-7-4-18/h2,8,11-12H,1,3-7,9-10H2,(H2,15,16,17,19)/t11-,12-/m0/s1. The van der Waals surface area contributed by atoms with Gasteiger partial charge in [0.2, 0.25) is 0 Å². The monoisotopic (exact) mass is 326 g/mol. The Kier molecular flexibility index (Phi) is 5.60. The van der Waals surface area contributed by atoms with Crippen LogP contribution in [0.1, 0.15) is 6.42 Å². The highest BCUT2D eigenvalue weighted by Gasteiger charge is 2.31. The van der Waals surface area contributed by atoms with E-state index in [1.165, 1.54) is 11.3 Å².